The smallest absolute Gasteiger partial charge is 0.242 e. The van der Waals surface area contributed by atoms with Gasteiger partial charge in [0.05, 0.1) is 0 Å². The topological polar surface area (TPSA) is 17.1 Å². The summed E-state index contributed by atoms with van der Waals surface area (Å²) < 4.78 is 0. The summed E-state index contributed by atoms with van der Waals surface area (Å²) in [6.45, 7) is 8.57. The fraction of sp³-hybridized carbons (Fsp3) is 0.909. The SMILES string of the molecule is CC1(C)CC(C)(C)CC(Cl)(C(=O)Cl)C1. The second-order valence-electron chi connectivity index (χ2n) is 6.10. The Balaban J connectivity index is 2.97. The van der Waals surface area contributed by atoms with Crippen LogP contribution < -0.4 is 0 Å². The van der Waals surface area contributed by atoms with Gasteiger partial charge in [-0.3, -0.25) is 4.79 Å². The second kappa shape index (κ2) is 3.38. The van der Waals surface area contributed by atoms with Crippen molar-refractivity contribution >= 4 is 28.4 Å². The van der Waals surface area contributed by atoms with Crippen molar-refractivity contribution in [3.8, 4) is 0 Å². The molecule has 0 atom stereocenters. The van der Waals surface area contributed by atoms with E-state index in [1.165, 1.54) is 0 Å². The molecular formula is C11H18Cl2O. The van der Waals surface area contributed by atoms with E-state index in [4.69, 9.17) is 23.2 Å². The van der Waals surface area contributed by atoms with Gasteiger partial charge in [-0.05, 0) is 41.7 Å². The lowest BCUT2D eigenvalue weighted by molar-refractivity contribution is -0.117. The molecule has 1 fully saturated rings. The van der Waals surface area contributed by atoms with Gasteiger partial charge in [0.1, 0.15) is 4.87 Å². The first-order chi connectivity index (χ1) is 6.06. The fourth-order valence-corrected chi connectivity index (χ4v) is 4.00. The molecule has 1 nitrogen and oxygen atoms in total. The first-order valence-electron chi connectivity index (χ1n) is 4.95. The minimum absolute atomic E-state index is 0.0913. The molecule has 0 unspecified atom stereocenters. The minimum Gasteiger partial charge on any atom is -0.279 e. The highest BCUT2D eigenvalue weighted by Crippen LogP contribution is 2.53. The van der Waals surface area contributed by atoms with Crippen LogP contribution in [0.3, 0.4) is 0 Å². The highest BCUT2D eigenvalue weighted by molar-refractivity contribution is 6.70. The van der Waals surface area contributed by atoms with E-state index in [9.17, 15) is 4.79 Å². The molecule has 3 heteroatoms. The monoisotopic (exact) mass is 236 g/mol. The summed E-state index contributed by atoms with van der Waals surface area (Å²) in [7, 11) is 0. The van der Waals surface area contributed by atoms with E-state index in [-0.39, 0.29) is 10.8 Å². The van der Waals surface area contributed by atoms with Gasteiger partial charge < -0.3 is 0 Å². The minimum atomic E-state index is -0.854. The molecular weight excluding hydrogens is 219 g/mol. The largest absolute Gasteiger partial charge is 0.279 e. The molecule has 14 heavy (non-hydrogen) atoms. The van der Waals surface area contributed by atoms with Crippen LogP contribution >= 0.6 is 23.2 Å². The van der Waals surface area contributed by atoms with Crippen LogP contribution in [0, 0.1) is 10.8 Å². The summed E-state index contributed by atoms with van der Waals surface area (Å²) in [5.41, 5.74) is 0.183. The lowest BCUT2D eigenvalue weighted by atomic mass is 9.61. The highest BCUT2D eigenvalue weighted by atomic mass is 35.5. The van der Waals surface area contributed by atoms with Gasteiger partial charge in [0.2, 0.25) is 5.24 Å². The summed E-state index contributed by atoms with van der Waals surface area (Å²) in [6, 6.07) is 0. The van der Waals surface area contributed by atoms with E-state index in [1.807, 2.05) is 0 Å². The zero-order valence-electron chi connectivity index (χ0n) is 9.29. The summed E-state index contributed by atoms with van der Waals surface area (Å²) in [4.78, 5) is 10.5. The quantitative estimate of drug-likeness (QED) is 0.498. The Morgan fingerprint density at radius 3 is 1.64 bits per heavy atom. The Kier molecular flexibility index (Phi) is 2.98. The molecule has 0 aromatic rings. The van der Waals surface area contributed by atoms with Crippen LogP contribution in [0.4, 0.5) is 0 Å². The average Bonchev–Trinajstić information content (AvgIpc) is 1.76. The molecule has 0 radical (unpaired) electrons. The van der Waals surface area contributed by atoms with Gasteiger partial charge in [-0.15, -0.1) is 11.6 Å². The molecule has 0 spiro atoms. The van der Waals surface area contributed by atoms with Crippen molar-refractivity contribution in [2.24, 2.45) is 10.8 Å². The van der Waals surface area contributed by atoms with Crippen molar-refractivity contribution in [1.82, 2.24) is 0 Å². The third kappa shape index (κ3) is 2.64. The first kappa shape index (κ1) is 12.3. The standard InChI is InChI=1S/C11H18Cl2O/c1-9(2)5-10(3,4)7-11(13,6-9)8(12)14/h5-7H2,1-4H3. The third-order valence-corrected chi connectivity index (χ3v) is 3.72. The Morgan fingerprint density at radius 2 is 1.36 bits per heavy atom. The molecule has 1 aliphatic carbocycles. The van der Waals surface area contributed by atoms with Crippen molar-refractivity contribution in [2.75, 3.05) is 0 Å². The van der Waals surface area contributed by atoms with E-state index >= 15 is 0 Å². The molecule has 1 rings (SSSR count). The van der Waals surface area contributed by atoms with Gasteiger partial charge in [0, 0.05) is 0 Å². The molecule has 0 bridgehead atoms. The number of hydrogen-bond donors (Lipinski definition) is 0. The molecule has 1 saturated carbocycles. The van der Waals surface area contributed by atoms with E-state index < -0.39 is 10.1 Å². The predicted molar refractivity (Wildman–Crippen MR) is 60.9 cm³/mol. The van der Waals surface area contributed by atoms with Gasteiger partial charge in [-0.1, -0.05) is 27.7 Å². The van der Waals surface area contributed by atoms with Gasteiger partial charge >= 0.3 is 0 Å². The molecule has 82 valence electrons. The molecule has 0 saturated heterocycles. The van der Waals surface area contributed by atoms with Gasteiger partial charge in [0.15, 0.2) is 0 Å². The molecule has 0 aliphatic heterocycles. The Hall–Kier alpha value is 0.250. The number of rotatable bonds is 1. The fourth-order valence-electron chi connectivity index (χ4n) is 3.14. The predicted octanol–water partition coefficient (Wildman–Crippen LogP) is 3.97. The van der Waals surface area contributed by atoms with Crippen LogP contribution in [-0.2, 0) is 4.79 Å². The summed E-state index contributed by atoms with van der Waals surface area (Å²) in [5.74, 6) is 0. The summed E-state index contributed by atoms with van der Waals surface area (Å²) in [6.07, 6.45) is 2.43. The summed E-state index contributed by atoms with van der Waals surface area (Å²) in [5, 5.41) is -0.403. The average molecular weight is 237 g/mol. The molecule has 0 aromatic heterocycles. The number of hydrogen-bond acceptors (Lipinski definition) is 1. The van der Waals surface area contributed by atoms with E-state index in [1.54, 1.807) is 0 Å². The van der Waals surface area contributed by atoms with Crippen molar-refractivity contribution in [3.63, 3.8) is 0 Å². The van der Waals surface area contributed by atoms with Gasteiger partial charge in [-0.2, -0.15) is 0 Å². The molecule has 0 heterocycles. The maximum Gasteiger partial charge on any atom is 0.242 e. The molecule has 0 aromatic carbocycles. The van der Waals surface area contributed by atoms with Crippen LogP contribution in [0.15, 0.2) is 0 Å². The zero-order valence-corrected chi connectivity index (χ0v) is 10.8. The third-order valence-electron chi connectivity index (χ3n) is 2.83. The zero-order chi connectivity index (χ0) is 11.2. The van der Waals surface area contributed by atoms with Crippen LogP contribution in [0.1, 0.15) is 47.0 Å². The van der Waals surface area contributed by atoms with Crippen LogP contribution in [0.25, 0.3) is 0 Å². The van der Waals surface area contributed by atoms with Crippen molar-refractivity contribution in [3.05, 3.63) is 0 Å². The van der Waals surface area contributed by atoms with Gasteiger partial charge in [0.25, 0.3) is 0 Å². The molecule has 0 amide bonds. The Bertz CT molecular complexity index is 240. The lowest BCUT2D eigenvalue weighted by Crippen LogP contribution is -2.45. The van der Waals surface area contributed by atoms with E-state index in [0.29, 0.717) is 12.8 Å². The number of carbonyl (C=O) groups is 1. The second-order valence-corrected chi connectivity index (χ2v) is 7.16. The van der Waals surface area contributed by atoms with Crippen LogP contribution in [0.5, 0.6) is 0 Å². The Labute approximate surface area is 96.2 Å². The first-order valence-corrected chi connectivity index (χ1v) is 5.71. The highest BCUT2D eigenvalue weighted by Gasteiger charge is 2.49. The molecule has 1 aliphatic rings. The van der Waals surface area contributed by atoms with E-state index in [2.05, 4.69) is 27.7 Å². The van der Waals surface area contributed by atoms with Crippen molar-refractivity contribution in [2.45, 2.75) is 51.8 Å². The summed E-state index contributed by atoms with van der Waals surface area (Å²) >= 11 is 11.9. The van der Waals surface area contributed by atoms with Crippen molar-refractivity contribution in [1.29, 1.82) is 0 Å². The number of carbonyl (C=O) groups excluding carboxylic acids is 1. The van der Waals surface area contributed by atoms with Crippen LogP contribution in [-0.4, -0.2) is 10.1 Å². The van der Waals surface area contributed by atoms with Crippen LogP contribution in [0.2, 0.25) is 0 Å². The number of halogens is 2. The maximum atomic E-state index is 11.3. The lowest BCUT2D eigenvalue weighted by Gasteiger charge is -2.47. The maximum absolute atomic E-state index is 11.3. The van der Waals surface area contributed by atoms with E-state index in [0.717, 1.165) is 6.42 Å². The van der Waals surface area contributed by atoms with Crippen molar-refractivity contribution < 1.29 is 4.79 Å². The molecule has 0 N–H and O–H groups in total. The normalized spacial score (nSPS) is 28.4. The number of alkyl halides is 1. The Morgan fingerprint density at radius 1 is 1.00 bits per heavy atom. The van der Waals surface area contributed by atoms with Gasteiger partial charge in [-0.25, -0.2) is 0 Å².